The SMILES string of the molecule is CC(C)CC(C)(O)CNc1nc(Cl)nc(-n2cncn2)n1. The van der Waals surface area contributed by atoms with Gasteiger partial charge in [-0.1, -0.05) is 13.8 Å². The monoisotopic (exact) mass is 311 g/mol. The second kappa shape index (κ2) is 6.31. The third-order valence-electron chi connectivity index (χ3n) is 2.70. The van der Waals surface area contributed by atoms with Crippen molar-refractivity contribution in [3.05, 3.63) is 17.9 Å². The number of nitrogens with one attached hydrogen (secondary N) is 1. The molecule has 0 radical (unpaired) electrons. The topological polar surface area (TPSA) is 102 Å². The lowest BCUT2D eigenvalue weighted by Gasteiger charge is -2.25. The highest BCUT2D eigenvalue weighted by Crippen LogP contribution is 2.17. The number of nitrogens with zero attached hydrogens (tertiary/aromatic N) is 6. The molecule has 1 atom stereocenters. The van der Waals surface area contributed by atoms with Crippen LogP contribution in [0.2, 0.25) is 5.28 Å². The summed E-state index contributed by atoms with van der Waals surface area (Å²) < 4.78 is 1.38. The van der Waals surface area contributed by atoms with Crippen LogP contribution in [0.5, 0.6) is 0 Å². The summed E-state index contributed by atoms with van der Waals surface area (Å²) in [4.78, 5) is 16.0. The Morgan fingerprint density at radius 3 is 2.76 bits per heavy atom. The first kappa shape index (κ1) is 15.6. The normalized spacial score (nSPS) is 14.2. The molecule has 1 unspecified atom stereocenters. The van der Waals surface area contributed by atoms with Gasteiger partial charge >= 0.3 is 0 Å². The van der Waals surface area contributed by atoms with Gasteiger partial charge in [0.25, 0.3) is 5.95 Å². The van der Waals surface area contributed by atoms with Crippen molar-refractivity contribution in [1.82, 2.24) is 29.7 Å². The summed E-state index contributed by atoms with van der Waals surface area (Å²) >= 11 is 5.87. The summed E-state index contributed by atoms with van der Waals surface area (Å²) in [5.74, 6) is 0.928. The summed E-state index contributed by atoms with van der Waals surface area (Å²) in [6.45, 7) is 6.18. The van der Waals surface area contributed by atoms with E-state index in [4.69, 9.17) is 11.6 Å². The van der Waals surface area contributed by atoms with Crippen LogP contribution in [0, 0.1) is 5.92 Å². The lowest BCUT2D eigenvalue weighted by atomic mass is 9.94. The molecular weight excluding hydrogens is 294 g/mol. The van der Waals surface area contributed by atoms with Gasteiger partial charge in [-0.15, -0.1) is 0 Å². The zero-order valence-corrected chi connectivity index (χ0v) is 12.9. The van der Waals surface area contributed by atoms with Gasteiger partial charge in [-0.2, -0.15) is 24.7 Å². The fourth-order valence-electron chi connectivity index (χ4n) is 2.05. The molecule has 0 aliphatic rings. The van der Waals surface area contributed by atoms with Gasteiger partial charge in [-0.05, 0) is 30.9 Å². The molecule has 0 amide bonds. The number of hydrogen-bond donors (Lipinski definition) is 2. The van der Waals surface area contributed by atoms with Crippen molar-refractivity contribution in [3.63, 3.8) is 0 Å². The zero-order valence-electron chi connectivity index (χ0n) is 12.2. The van der Waals surface area contributed by atoms with E-state index in [1.807, 2.05) is 0 Å². The zero-order chi connectivity index (χ0) is 15.5. The third-order valence-corrected chi connectivity index (χ3v) is 2.86. The molecule has 0 fully saturated rings. The number of anilines is 1. The summed E-state index contributed by atoms with van der Waals surface area (Å²) in [6, 6.07) is 0. The van der Waals surface area contributed by atoms with Crippen molar-refractivity contribution in [2.45, 2.75) is 32.8 Å². The van der Waals surface area contributed by atoms with E-state index in [1.165, 1.54) is 17.3 Å². The molecule has 2 aromatic heterocycles. The highest BCUT2D eigenvalue weighted by molar-refractivity contribution is 6.28. The second-order valence-corrected chi connectivity index (χ2v) is 5.85. The molecule has 0 spiro atoms. The molecule has 0 aromatic carbocycles. The Labute approximate surface area is 127 Å². The molecular formula is C12H18ClN7O. The van der Waals surface area contributed by atoms with E-state index in [-0.39, 0.29) is 17.2 Å². The highest BCUT2D eigenvalue weighted by atomic mass is 35.5. The first-order valence-corrected chi connectivity index (χ1v) is 6.96. The predicted octanol–water partition coefficient (Wildman–Crippen LogP) is 1.31. The average molecular weight is 312 g/mol. The lowest BCUT2D eigenvalue weighted by molar-refractivity contribution is 0.0514. The fourth-order valence-corrected chi connectivity index (χ4v) is 2.21. The summed E-state index contributed by atoms with van der Waals surface area (Å²) in [7, 11) is 0. The molecule has 0 aliphatic heterocycles. The van der Waals surface area contributed by atoms with Gasteiger partial charge in [0.2, 0.25) is 11.2 Å². The maximum atomic E-state index is 10.3. The smallest absolute Gasteiger partial charge is 0.258 e. The van der Waals surface area contributed by atoms with Crippen LogP contribution in [0.3, 0.4) is 0 Å². The van der Waals surface area contributed by atoms with Crippen LogP contribution >= 0.6 is 11.6 Å². The lowest BCUT2D eigenvalue weighted by Crippen LogP contribution is -2.35. The van der Waals surface area contributed by atoms with Gasteiger partial charge in [0.15, 0.2) is 0 Å². The molecule has 0 saturated carbocycles. The van der Waals surface area contributed by atoms with Crippen molar-refractivity contribution < 1.29 is 5.11 Å². The second-order valence-electron chi connectivity index (χ2n) is 5.52. The van der Waals surface area contributed by atoms with Crippen molar-refractivity contribution in [2.24, 2.45) is 5.92 Å². The summed E-state index contributed by atoms with van der Waals surface area (Å²) in [5.41, 5.74) is -0.860. The van der Waals surface area contributed by atoms with E-state index in [1.54, 1.807) is 6.92 Å². The predicted molar refractivity (Wildman–Crippen MR) is 78.3 cm³/mol. The molecule has 114 valence electrons. The van der Waals surface area contributed by atoms with Crippen LogP contribution in [0.1, 0.15) is 27.2 Å². The number of aromatic nitrogens is 6. The standard InChI is InChI=1S/C12H18ClN7O/c1-8(2)4-12(3,21)5-15-10-17-9(13)18-11(19-10)20-7-14-6-16-20/h6-8,21H,4-5H2,1-3H3,(H,15,17,18,19). The minimum atomic E-state index is -0.860. The van der Waals surface area contributed by atoms with Gasteiger partial charge in [0, 0.05) is 6.54 Å². The molecule has 2 aromatic rings. The van der Waals surface area contributed by atoms with Gasteiger partial charge in [0.1, 0.15) is 12.7 Å². The van der Waals surface area contributed by atoms with Gasteiger partial charge in [-0.25, -0.2) is 4.98 Å². The minimum absolute atomic E-state index is 0.0431. The summed E-state index contributed by atoms with van der Waals surface area (Å²) in [5, 5.41) is 17.2. The number of rotatable bonds is 6. The molecule has 8 nitrogen and oxygen atoms in total. The Bertz CT molecular complexity index is 585. The van der Waals surface area contributed by atoms with Gasteiger partial charge in [-0.3, -0.25) is 0 Å². The van der Waals surface area contributed by atoms with E-state index >= 15 is 0 Å². The van der Waals surface area contributed by atoms with Crippen LogP contribution in [0.25, 0.3) is 5.95 Å². The van der Waals surface area contributed by atoms with Gasteiger partial charge in [0.05, 0.1) is 5.60 Å². The van der Waals surface area contributed by atoms with E-state index in [2.05, 4.69) is 44.2 Å². The first-order chi connectivity index (χ1) is 9.85. The van der Waals surface area contributed by atoms with Crippen molar-refractivity contribution >= 4 is 17.5 Å². The largest absolute Gasteiger partial charge is 0.388 e. The van der Waals surface area contributed by atoms with E-state index in [0.29, 0.717) is 18.9 Å². The number of halogens is 1. The van der Waals surface area contributed by atoms with Crippen LogP contribution in [0.4, 0.5) is 5.95 Å². The maximum Gasteiger partial charge on any atom is 0.258 e. The highest BCUT2D eigenvalue weighted by Gasteiger charge is 2.22. The van der Waals surface area contributed by atoms with Crippen molar-refractivity contribution in [3.8, 4) is 5.95 Å². The Hall–Kier alpha value is -1.80. The Balaban J connectivity index is 2.10. The van der Waals surface area contributed by atoms with E-state index < -0.39 is 5.60 Å². The molecule has 9 heteroatoms. The molecule has 2 N–H and O–H groups in total. The molecule has 0 saturated heterocycles. The van der Waals surface area contributed by atoms with Crippen LogP contribution in [-0.2, 0) is 0 Å². The number of hydrogen-bond acceptors (Lipinski definition) is 7. The Morgan fingerprint density at radius 1 is 1.38 bits per heavy atom. The Morgan fingerprint density at radius 2 is 2.14 bits per heavy atom. The van der Waals surface area contributed by atoms with Crippen LogP contribution in [-0.4, -0.2) is 47.0 Å². The van der Waals surface area contributed by atoms with E-state index in [0.717, 1.165) is 0 Å². The fraction of sp³-hybridized carbons (Fsp3) is 0.583. The molecule has 21 heavy (non-hydrogen) atoms. The van der Waals surface area contributed by atoms with Crippen molar-refractivity contribution in [1.29, 1.82) is 0 Å². The molecule has 2 heterocycles. The Kier molecular flexibility index (Phi) is 4.69. The average Bonchev–Trinajstić information content (AvgIpc) is 2.88. The number of aliphatic hydroxyl groups is 1. The van der Waals surface area contributed by atoms with E-state index in [9.17, 15) is 5.11 Å². The molecule has 0 aliphatic carbocycles. The first-order valence-electron chi connectivity index (χ1n) is 6.58. The maximum absolute atomic E-state index is 10.3. The quantitative estimate of drug-likeness (QED) is 0.829. The van der Waals surface area contributed by atoms with Crippen molar-refractivity contribution in [2.75, 3.05) is 11.9 Å². The molecule has 2 rings (SSSR count). The van der Waals surface area contributed by atoms with Crippen LogP contribution < -0.4 is 5.32 Å². The molecule has 0 bridgehead atoms. The van der Waals surface area contributed by atoms with Crippen LogP contribution in [0.15, 0.2) is 12.7 Å². The minimum Gasteiger partial charge on any atom is -0.388 e. The summed E-state index contributed by atoms with van der Waals surface area (Å²) in [6.07, 6.45) is 3.50. The van der Waals surface area contributed by atoms with Gasteiger partial charge < -0.3 is 10.4 Å². The third kappa shape index (κ3) is 4.61.